The first-order valence-electron chi connectivity index (χ1n) is 19.1. The topological polar surface area (TPSA) is 43.0 Å². The maximum absolute atomic E-state index is 8.17. The first kappa shape index (κ1) is 33.8. The van der Waals surface area contributed by atoms with Crippen molar-refractivity contribution < 1.29 is 0 Å². The Morgan fingerprint density at radius 2 is 0.789 bits per heavy atom. The van der Waals surface area contributed by atoms with Gasteiger partial charge in [-0.25, -0.2) is 19.8 Å². The molecule has 1 heterocycles. The van der Waals surface area contributed by atoms with Gasteiger partial charge in [-0.05, 0) is 73.8 Å². The molecule has 4 heteroatoms. The van der Waals surface area contributed by atoms with Crippen molar-refractivity contribution in [2.75, 3.05) is 0 Å². The van der Waals surface area contributed by atoms with E-state index in [0.717, 1.165) is 72.3 Å². The highest BCUT2D eigenvalue weighted by molar-refractivity contribution is 5.95. The first-order valence-corrected chi connectivity index (χ1v) is 19.1. The fourth-order valence-electron chi connectivity index (χ4n) is 8.45. The van der Waals surface area contributed by atoms with Crippen molar-refractivity contribution in [1.82, 2.24) is 15.0 Å². The standard InChI is InChI=1S/C53H34N4/c1-54-48-30-16-29-46-49(48)45-32-31-40(35-47(45)53(46,43-25-10-4-11-26-43)44-27-12-5-13-28-44)39-22-15-24-42(34-39)52-56-50(37-19-8-3-9-20-37)55-51(57-52)41-23-14-21-38(33-41)36-17-6-2-7-18-36/h2-35H. The van der Waals surface area contributed by atoms with E-state index in [1.165, 1.54) is 0 Å². The minimum absolute atomic E-state index is 0.601. The summed E-state index contributed by atoms with van der Waals surface area (Å²) in [6.45, 7) is 8.17. The van der Waals surface area contributed by atoms with Gasteiger partial charge >= 0.3 is 0 Å². The highest BCUT2D eigenvalue weighted by Gasteiger charge is 2.46. The summed E-state index contributed by atoms with van der Waals surface area (Å²) in [6.07, 6.45) is 0. The van der Waals surface area contributed by atoms with Gasteiger partial charge in [0, 0.05) is 16.7 Å². The molecule has 0 N–H and O–H groups in total. The van der Waals surface area contributed by atoms with Gasteiger partial charge in [0.1, 0.15) is 0 Å². The maximum atomic E-state index is 8.17. The Morgan fingerprint density at radius 3 is 1.35 bits per heavy atom. The summed E-state index contributed by atoms with van der Waals surface area (Å²) < 4.78 is 0. The highest BCUT2D eigenvalue weighted by atomic mass is 15.0. The number of hydrogen-bond donors (Lipinski definition) is 0. The van der Waals surface area contributed by atoms with Crippen LogP contribution >= 0.6 is 0 Å². The lowest BCUT2D eigenvalue weighted by atomic mass is 9.67. The fourth-order valence-corrected chi connectivity index (χ4v) is 8.45. The fraction of sp³-hybridized carbons (Fsp3) is 0.0189. The third-order valence-corrected chi connectivity index (χ3v) is 11.0. The van der Waals surface area contributed by atoms with E-state index >= 15 is 0 Å². The van der Waals surface area contributed by atoms with E-state index in [4.69, 9.17) is 21.5 Å². The molecule has 57 heavy (non-hydrogen) atoms. The second-order valence-corrected chi connectivity index (χ2v) is 14.3. The molecule has 8 aromatic carbocycles. The van der Waals surface area contributed by atoms with E-state index < -0.39 is 5.41 Å². The third kappa shape index (κ3) is 5.82. The van der Waals surface area contributed by atoms with Gasteiger partial charge in [0.25, 0.3) is 0 Å². The maximum Gasteiger partial charge on any atom is 0.195 e. The van der Waals surface area contributed by atoms with Gasteiger partial charge in [0.05, 0.1) is 12.0 Å². The van der Waals surface area contributed by atoms with Crippen LogP contribution < -0.4 is 0 Å². The molecule has 0 radical (unpaired) electrons. The van der Waals surface area contributed by atoms with E-state index in [-0.39, 0.29) is 0 Å². The lowest BCUT2D eigenvalue weighted by molar-refractivity contribution is 0.769. The number of hydrogen-bond acceptors (Lipinski definition) is 3. The molecule has 0 aliphatic heterocycles. The summed E-state index contributed by atoms with van der Waals surface area (Å²) >= 11 is 0. The zero-order valence-electron chi connectivity index (χ0n) is 30.9. The molecule has 0 unspecified atom stereocenters. The van der Waals surface area contributed by atoms with Gasteiger partial charge in [0.2, 0.25) is 0 Å². The van der Waals surface area contributed by atoms with Crippen LogP contribution in [0.1, 0.15) is 22.3 Å². The molecular formula is C53H34N4. The summed E-state index contributed by atoms with van der Waals surface area (Å²) in [4.78, 5) is 19.2. The van der Waals surface area contributed by atoms with E-state index in [2.05, 4.69) is 163 Å². The molecule has 0 bridgehead atoms. The monoisotopic (exact) mass is 726 g/mol. The minimum atomic E-state index is -0.622. The van der Waals surface area contributed by atoms with Gasteiger partial charge in [-0.15, -0.1) is 0 Å². The Hall–Kier alpha value is -7.74. The largest absolute Gasteiger partial charge is 0.238 e. The molecule has 266 valence electrons. The van der Waals surface area contributed by atoms with Crippen molar-refractivity contribution >= 4 is 5.69 Å². The molecular weight excluding hydrogens is 693 g/mol. The zero-order chi connectivity index (χ0) is 38.2. The van der Waals surface area contributed by atoms with Crippen molar-refractivity contribution in [3.8, 4) is 67.5 Å². The number of aromatic nitrogens is 3. The summed E-state index contributed by atoms with van der Waals surface area (Å²) in [5.41, 5.74) is 13.8. The predicted octanol–water partition coefficient (Wildman–Crippen LogP) is 13.1. The second-order valence-electron chi connectivity index (χ2n) is 14.3. The summed E-state index contributed by atoms with van der Waals surface area (Å²) in [5.74, 6) is 1.83. The van der Waals surface area contributed by atoms with Crippen LogP contribution in [0.2, 0.25) is 0 Å². The minimum Gasteiger partial charge on any atom is -0.238 e. The van der Waals surface area contributed by atoms with Crippen LogP contribution in [0.4, 0.5) is 5.69 Å². The van der Waals surface area contributed by atoms with Crippen molar-refractivity contribution in [2.45, 2.75) is 5.41 Å². The van der Waals surface area contributed by atoms with Crippen LogP contribution in [-0.4, -0.2) is 15.0 Å². The lowest BCUT2D eigenvalue weighted by Gasteiger charge is -2.34. The molecule has 9 aromatic rings. The van der Waals surface area contributed by atoms with E-state index in [1.807, 2.05) is 48.5 Å². The summed E-state index contributed by atoms with van der Waals surface area (Å²) in [6, 6.07) is 71.5. The molecule has 4 nitrogen and oxygen atoms in total. The second kappa shape index (κ2) is 14.2. The van der Waals surface area contributed by atoms with E-state index in [1.54, 1.807) is 0 Å². The first-order chi connectivity index (χ1) is 28.2. The van der Waals surface area contributed by atoms with Crippen LogP contribution in [0.15, 0.2) is 206 Å². The van der Waals surface area contributed by atoms with Crippen molar-refractivity contribution in [3.05, 3.63) is 240 Å². The predicted molar refractivity (Wildman–Crippen MR) is 231 cm³/mol. The molecule has 0 saturated carbocycles. The van der Waals surface area contributed by atoms with Crippen LogP contribution in [0.25, 0.3) is 72.4 Å². The van der Waals surface area contributed by atoms with Gasteiger partial charge in [-0.2, -0.15) is 0 Å². The van der Waals surface area contributed by atoms with Crippen LogP contribution in [0.5, 0.6) is 0 Å². The number of nitrogens with zero attached hydrogens (tertiary/aromatic N) is 4. The van der Waals surface area contributed by atoms with Crippen molar-refractivity contribution in [1.29, 1.82) is 0 Å². The Bertz CT molecular complexity index is 2910. The summed E-state index contributed by atoms with van der Waals surface area (Å²) in [5, 5.41) is 0. The van der Waals surface area contributed by atoms with Crippen molar-refractivity contribution in [2.24, 2.45) is 0 Å². The van der Waals surface area contributed by atoms with E-state index in [9.17, 15) is 0 Å². The lowest BCUT2D eigenvalue weighted by Crippen LogP contribution is -2.28. The molecule has 0 amide bonds. The van der Waals surface area contributed by atoms with Crippen LogP contribution in [0, 0.1) is 6.57 Å². The highest BCUT2D eigenvalue weighted by Crippen LogP contribution is 2.59. The number of fused-ring (bicyclic) bond motifs is 3. The number of benzene rings is 8. The van der Waals surface area contributed by atoms with Crippen molar-refractivity contribution in [3.63, 3.8) is 0 Å². The number of rotatable bonds is 7. The average molecular weight is 727 g/mol. The van der Waals surface area contributed by atoms with Gasteiger partial charge < -0.3 is 0 Å². The summed E-state index contributed by atoms with van der Waals surface area (Å²) in [7, 11) is 0. The molecule has 0 saturated heterocycles. The Morgan fingerprint density at radius 1 is 0.351 bits per heavy atom. The van der Waals surface area contributed by atoms with Gasteiger partial charge in [0.15, 0.2) is 23.2 Å². The van der Waals surface area contributed by atoms with Gasteiger partial charge in [-0.3, -0.25) is 0 Å². The van der Waals surface area contributed by atoms with Crippen LogP contribution in [0.3, 0.4) is 0 Å². The smallest absolute Gasteiger partial charge is 0.195 e. The molecule has 10 rings (SSSR count). The normalized spacial score (nSPS) is 12.3. The molecule has 1 aliphatic rings. The Kier molecular flexibility index (Phi) is 8.39. The SMILES string of the molecule is [C-]#[N+]c1cccc2c1-c1ccc(-c3cccc(-c4nc(-c5ccccc5)nc(-c5cccc(-c6ccccc6)c5)n4)c3)cc1C2(c1ccccc1)c1ccccc1. The van der Waals surface area contributed by atoms with Gasteiger partial charge in [-0.1, -0.05) is 188 Å². The molecule has 0 spiro atoms. The third-order valence-electron chi connectivity index (χ3n) is 11.0. The molecule has 0 fully saturated rings. The molecule has 0 atom stereocenters. The Balaban J connectivity index is 1.14. The Labute approximate surface area is 332 Å². The zero-order valence-corrected chi connectivity index (χ0v) is 30.9. The molecule has 1 aliphatic carbocycles. The average Bonchev–Trinajstić information content (AvgIpc) is 3.61. The quantitative estimate of drug-likeness (QED) is 0.154. The van der Waals surface area contributed by atoms with E-state index in [0.29, 0.717) is 23.2 Å². The van der Waals surface area contributed by atoms with Crippen LogP contribution in [-0.2, 0) is 5.41 Å². The molecule has 1 aromatic heterocycles.